The quantitative estimate of drug-likeness (QED) is 0.647. The molecule has 0 spiro atoms. The van der Waals surface area contributed by atoms with Crippen molar-refractivity contribution in [2.45, 2.75) is 56.7 Å². The number of amides is 1. The van der Waals surface area contributed by atoms with Gasteiger partial charge in [0.1, 0.15) is 6.04 Å². The summed E-state index contributed by atoms with van der Waals surface area (Å²) in [7, 11) is 1.91. The molecule has 7 nitrogen and oxygen atoms in total. The van der Waals surface area contributed by atoms with Crippen LogP contribution in [0, 0.1) is 5.92 Å². The van der Waals surface area contributed by atoms with Crippen molar-refractivity contribution in [3.63, 3.8) is 0 Å². The van der Waals surface area contributed by atoms with Crippen molar-refractivity contribution in [2.24, 2.45) is 5.92 Å². The predicted molar refractivity (Wildman–Crippen MR) is 91.1 cm³/mol. The maximum absolute atomic E-state index is 12.9. The van der Waals surface area contributed by atoms with Gasteiger partial charge in [-0.05, 0) is 18.8 Å². The van der Waals surface area contributed by atoms with Gasteiger partial charge in [-0.15, -0.1) is 0 Å². The highest BCUT2D eigenvalue weighted by atomic mass is 16.2. The van der Waals surface area contributed by atoms with Crippen molar-refractivity contribution < 1.29 is 4.79 Å². The Morgan fingerprint density at radius 3 is 3.08 bits per heavy atom. The molecular formula is C17H28N6O. The summed E-state index contributed by atoms with van der Waals surface area (Å²) in [6, 6.07) is 0.584. The lowest BCUT2D eigenvalue weighted by atomic mass is 9.90. The van der Waals surface area contributed by atoms with E-state index in [9.17, 15) is 4.79 Å². The van der Waals surface area contributed by atoms with Crippen LogP contribution in [0.15, 0.2) is 6.33 Å². The molecule has 0 bridgehead atoms. The largest absolute Gasteiger partial charge is 0.348 e. The summed E-state index contributed by atoms with van der Waals surface area (Å²) in [5.74, 6) is 0.741. The number of carbonyl (C=O) groups is 1. The normalized spacial score (nSPS) is 32.7. The van der Waals surface area contributed by atoms with Crippen LogP contribution in [0.3, 0.4) is 0 Å². The second-order valence-corrected chi connectivity index (χ2v) is 7.43. The minimum atomic E-state index is -0.315. The number of nitrogens with zero attached hydrogens (tertiary/aromatic N) is 2. The van der Waals surface area contributed by atoms with Gasteiger partial charge in [0.2, 0.25) is 5.91 Å². The van der Waals surface area contributed by atoms with Crippen molar-refractivity contribution in [3.8, 4) is 0 Å². The summed E-state index contributed by atoms with van der Waals surface area (Å²) in [4.78, 5) is 22.3. The topological polar surface area (TPSA) is 85.1 Å². The van der Waals surface area contributed by atoms with Crippen molar-refractivity contribution in [1.82, 2.24) is 31.0 Å². The Kier molecular flexibility index (Phi) is 4.56. The maximum Gasteiger partial charge on any atom is 0.245 e. The zero-order valence-corrected chi connectivity index (χ0v) is 14.3. The third-order valence-electron chi connectivity index (χ3n) is 5.88. The molecule has 4 unspecified atom stereocenters. The Balaban J connectivity index is 1.41. The van der Waals surface area contributed by atoms with Crippen LogP contribution < -0.4 is 16.2 Å². The fourth-order valence-corrected chi connectivity index (χ4v) is 4.53. The van der Waals surface area contributed by atoms with Crippen molar-refractivity contribution in [1.29, 1.82) is 0 Å². The van der Waals surface area contributed by atoms with E-state index < -0.39 is 0 Å². The lowest BCUT2D eigenvalue weighted by Gasteiger charge is -2.30. The third kappa shape index (κ3) is 2.96. The number of aromatic nitrogens is 2. The number of aromatic amines is 1. The lowest BCUT2D eigenvalue weighted by molar-refractivity contribution is -0.133. The monoisotopic (exact) mass is 332 g/mol. The lowest BCUT2D eigenvalue weighted by Crippen LogP contribution is -2.48. The molecule has 4 N–H and O–H groups in total. The summed E-state index contributed by atoms with van der Waals surface area (Å²) in [6.07, 6.45) is 9.04. The number of H-pyrrole nitrogens is 1. The van der Waals surface area contributed by atoms with Gasteiger partial charge in [-0.25, -0.2) is 4.98 Å². The molecule has 132 valence electrons. The standard InChI is InChI=1S/C17H28N6O/c1-23(9-14-11-5-3-2-4-6-12(11)21-22-14)17(24)16-15-13(7-8-18-16)19-10-20-15/h10-12,14,16,18,21-22H,2-9H2,1H3,(H,19,20). The number of likely N-dealkylation sites (N-methyl/N-ethyl adjacent to an activating group) is 1. The molecule has 1 aromatic heterocycles. The first-order valence-corrected chi connectivity index (χ1v) is 9.25. The van der Waals surface area contributed by atoms with Crippen LogP contribution in [0.1, 0.15) is 49.5 Å². The second kappa shape index (κ2) is 6.82. The number of hydrazine groups is 1. The maximum atomic E-state index is 12.9. The predicted octanol–water partition coefficient (Wildman–Crippen LogP) is 0.480. The van der Waals surface area contributed by atoms with E-state index in [-0.39, 0.29) is 11.9 Å². The Bertz CT molecular complexity index is 587. The van der Waals surface area contributed by atoms with Crippen molar-refractivity contribution in [3.05, 3.63) is 17.7 Å². The van der Waals surface area contributed by atoms with Crippen LogP contribution >= 0.6 is 0 Å². The molecule has 3 aliphatic rings. The molecule has 1 saturated heterocycles. The molecule has 4 atom stereocenters. The van der Waals surface area contributed by atoms with E-state index in [0.717, 1.165) is 30.9 Å². The van der Waals surface area contributed by atoms with E-state index in [4.69, 9.17) is 0 Å². The SMILES string of the molecule is CN(CC1NNC2CCCCCC21)C(=O)C1NCCc2[nH]cnc21. The Labute approximate surface area is 142 Å². The molecule has 3 heterocycles. The molecule has 1 amide bonds. The van der Waals surface area contributed by atoms with Crippen LogP contribution in [0.4, 0.5) is 0 Å². The van der Waals surface area contributed by atoms with Crippen LogP contribution in [-0.2, 0) is 11.2 Å². The highest BCUT2D eigenvalue weighted by Gasteiger charge is 2.38. The number of carbonyl (C=O) groups excluding carboxylic acids is 1. The first-order chi connectivity index (χ1) is 11.7. The fraction of sp³-hybridized carbons (Fsp3) is 0.765. The van der Waals surface area contributed by atoms with Crippen LogP contribution in [0.5, 0.6) is 0 Å². The number of fused-ring (bicyclic) bond motifs is 2. The van der Waals surface area contributed by atoms with E-state index in [1.807, 2.05) is 11.9 Å². The van der Waals surface area contributed by atoms with Gasteiger partial charge in [-0.1, -0.05) is 19.3 Å². The fourth-order valence-electron chi connectivity index (χ4n) is 4.53. The van der Waals surface area contributed by atoms with Crippen LogP contribution in [0.2, 0.25) is 0 Å². The minimum Gasteiger partial charge on any atom is -0.348 e. The molecule has 1 aromatic rings. The average Bonchev–Trinajstić information content (AvgIpc) is 3.15. The number of imidazole rings is 1. The van der Waals surface area contributed by atoms with E-state index in [0.29, 0.717) is 18.0 Å². The molecule has 0 radical (unpaired) electrons. The third-order valence-corrected chi connectivity index (χ3v) is 5.88. The van der Waals surface area contributed by atoms with E-state index in [1.165, 1.54) is 32.1 Å². The highest BCUT2D eigenvalue weighted by molar-refractivity contribution is 5.83. The highest BCUT2D eigenvalue weighted by Crippen LogP contribution is 2.30. The smallest absolute Gasteiger partial charge is 0.245 e. The molecule has 7 heteroatoms. The second-order valence-electron chi connectivity index (χ2n) is 7.43. The van der Waals surface area contributed by atoms with Gasteiger partial charge in [-0.3, -0.25) is 15.6 Å². The van der Waals surface area contributed by atoms with Gasteiger partial charge < -0.3 is 15.2 Å². The first kappa shape index (κ1) is 16.1. The first-order valence-electron chi connectivity index (χ1n) is 9.25. The van der Waals surface area contributed by atoms with Crippen molar-refractivity contribution >= 4 is 5.91 Å². The summed E-state index contributed by atoms with van der Waals surface area (Å²) < 4.78 is 0. The van der Waals surface area contributed by atoms with E-state index >= 15 is 0 Å². The summed E-state index contributed by atoms with van der Waals surface area (Å²) in [5, 5.41) is 3.32. The van der Waals surface area contributed by atoms with Crippen molar-refractivity contribution in [2.75, 3.05) is 20.1 Å². The minimum absolute atomic E-state index is 0.113. The molecule has 1 saturated carbocycles. The molecule has 4 rings (SSSR count). The van der Waals surface area contributed by atoms with Gasteiger partial charge >= 0.3 is 0 Å². The zero-order valence-electron chi connectivity index (χ0n) is 14.3. The number of nitrogens with one attached hydrogen (secondary N) is 4. The van der Waals surface area contributed by atoms with Crippen LogP contribution in [0.25, 0.3) is 0 Å². The summed E-state index contributed by atoms with van der Waals surface area (Å²) in [5.41, 5.74) is 8.86. The molecule has 0 aromatic carbocycles. The summed E-state index contributed by atoms with van der Waals surface area (Å²) >= 11 is 0. The molecule has 1 aliphatic carbocycles. The Hall–Kier alpha value is -1.44. The van der Waals surface area contributed by atoms with Gasteiger partial charge in [0.05, 0.1) is 12.0 Å². The number of rotatable bonds is 3. The molecule has 24 heavy (non-hydrogen) atoms. The Morgan fingerprint density at radius 2 is 2.17 bits per heavy atom. The summed E-state index contributed by atoms with van der Waals surface area (Å²) in [6.45, 7) is 1.55. The molecular weight excluding hydrogens is 304 g/mol. The zero-order chi connectivity index (χ0) is 16.5. The Morgan fingerprint density at radius 1 is 1.29 bits per heavy atom. The van der Waals surface area contributed by atoms with Crippen LogP contribution in [-0.4, -0.2) is 53.0 Å². The number of hydrogen-bond donors (Lipinski definition) is 4. The van der Waals surface area contributed by atoms with Gasteiger partial charge in [-0.2, -0.15) is 0 Å². The van der Waals surface area contributed by atoms with E-state index in [2.05, 4.69) is 26.1 Å². The molecule has 2 fully saturated rings. The van der Waals surface area contributed by atoms with Gasteiger partial charge in [0, 0.05) is 44.3 Å². The molecule has 2 aliphatic heterocycles. The van der Waals surface area contributed by atoms with Gasteiger partial charge in [0.15, 0.2) is 0 Å². The van der Waals surface area contributed by atoms with Gasteiger partial charge in [0.25, 0.3) is 0 Å². The number of hydrogen-bond acceptors (Lipinski definition) is 5. The van der Waals surface area contributed by atoms with E-state index in [1.54, 1.807) is 6.33 Å². The average molecular weight is 332 g/mol.